The topological polar surface area (TPSA) is 29.9 Å². The number of hydrogen-bond acceptors (Lipinski definition) is 2. The third-order valence-corrected chi connectivity index (χ3v) is 3.21. The molecule has 0 aliphatic heterocycles. The molecule has 1 N–H and O–H groups in total. The number of aryl methyl sites for hydroxylation is 1. The molecule has 1 unspecified atom stereocenters. The predicted molar refractivity (Wildman–Crippen MR) is 78.7 cm³/mol. The molecule has 1 atom stereocenters. The van der Waals surface area contributed by atoms with Gasteiger partial charge in [0.05, 0.1) is 5.69 Å². The zero-order valence-electron chi connectivity index (χ0n) is 12.0. The highest BCUT2D eigenvalue weighted by Crippen LogP contribution is 2.21. The molecule has 0 aliphatic rings. The van der Waals surface area contributed by atoms with Crippen LogP contribution >= 0.6 is 0 Å². The third kappa shape index (κ3) is 4.21. The molecule has 0 aliphatic carbocycles. The molecular weight excluding hydrogens is 234 g/mol. The number of rotatable bonds is 6. The molecule has 102 valence electrons. The van der Waals surface area contributed by atoms with Crippen molar-refractivity contribution >= 4 is 0 Å². The Bertz CT molecular complexity index is 488. The van der Waals surface area contributed by atoms with Crippen LogP contribution in [0.5, 0.6) is 0 Å². The van der Waals surface area contributed by atoms with Gasteiger partial charge in [-0.05, 0) is 24.0 Å². The van der Waals surface area contributed by atoms with Gasteiger partial charge in [0.1, 0.15) is 0 Å². The normalized spacial score (nSPS) is 12.8. The lowest BCUT2D eigenvalue weighted by Gasteiger charge is -2.20. The molecule has 0 bridgehead atoms. The van der Waals surface area contributed by atoms with E-state index < -0.39 is 0 Å². The summed E-state index contributed by atoms with van der Waals surface area (Å²) in [6, 6.07) is 13.1. The van der Waals surface area contributed by atoms with Crippen molar-refractivity contribution in [2.24, 2.45) is 13.0 Å². The average Bonchev–Trinajstić information content (AvgIpc) is 2.81. The molecular formula is C16H23N3. The zero-order chi connectivity index (χ0) is 13.7. The maximum atomic E-state index is 4.41. The van der Waals surface area contributed by atoms with Gasteiger partial charge in [-0.3, -0.25) is 4.68 Å². The van der Waals surface area contributed by atoms with Crippen LogP contribution in [-0.2, 0) is 13.6 Å². The average molecular weight is 257 g/mol. The fraction of sp³-hybridized carbons (Fsp3) is 0.438. The minimum Gasteiger partial charge on any atom is -0.304 e. The Morgan fingerprint density at radius 3 is 2.47 bits per heavy atom. The summed E-state index contributed by atoms with van der Waals surface area (Å²) in [4.78, 5) is 0. The van der Waals surface area contributed by atoms with Gasteiger partial charge in [-0.2, -0.15) is 5.10 Å². The fourth-order valence-corrected chi connectivity index (χ4v) is 2.28. The van der Waals surface area contributed by atoms with E-state index in [-0.39, 0.29) is 0 Å². The SMILES string of the molecule is CC(C)CC(NCc1ccn(C)n1)c1ccccc1. The van der Waals surface area contributed by atoms with E-state index in [0.29, 0.717) is 12.0 Å². The lowest BCUT2D eigenvalue weighted by molar-refractivity contribution is 0.425. The van der Waals surface area contributed by atoms with E-state index in [0.717, 1.165) is 18.7 Å². The first-order chi connectivity index (χ1) is 9.15. The van der Waals surface area contributed by atoms with E-state index in [1.807, 2.05) is 17.9 Å². The van der Waals surface area contributed by atoms with Crippen molar-refractivity contribution < 1.29 is 0 Å². The number of nitrogens with zero attached hydrogens (tertiary/aromatic N) is 2. The first kappa shape index (κ1) is 13.8. The lowest BCUT2D eigenvalue weighted by atomic mass is 9.97. The second kappa shape index (κ2) is 6.53. The van der Waals surface area contributed by atoms with Crippen LogP contribution in [0.4, 0.5) is 0 Å². The van der Waals surface area contributed by atoms with Crippen LogP contribution < -0.4 is 5.32 Å². The van der Waals surface area contributed by atoms with Gasteiger partial charge >= 0.3 is 0 Å². The molecule has 1 heterocycles. The zero-order valence-corrected chi connectivity index (χ0v) is 12.0. The number of benzene rings is 1. The van der Waals surface area contributed by atoms with Crippen molar-refractivity contribution in [3.8, 4) is 0 Å². The van der Waals surface area contributed by atoms with E-state index in [9.17, 15) is 0 Å². The van der Waals surface area contributed by atoms with Crippen molar-refractivity contribution in [2.45, 2.75) is 32.9 Å². The smallest absolute Gasteiger partial charge is 0.0762 e. The molecule has 0 fully saturated rings. The summed E-state index contributed by atoms with van der Waals surface area (Å²) >= 11 is 0. The van der Waals surface area contributed by atoms with E-state index in [1.54, 1.807) is 0 Å². The summed E-state index contributed by atoms with van der Waals surface area (Å²) in [7, 11) is 1.95. The summed E-state index contributed by atoms with van der Waals surface area (Å²) in [5.74, 6) is 0.668. The summed E-state index contributed by atoms with van der Waals surface area (Å²) in [5.41, 5.74) is 2.44. The van der Waals surface area contributed by atoms with E-state index >= 15 is 0 Å². The van der Waals surface area contributed by atoms with Crippen LogP contribution in [0.15, 0.2) is 42.6 Å². The van der Waals surface area contributed by atoms with E-state index in [4.69, 9.17) is 0 Å². The molecule has 1 aromatic carbocycles. The van der Waals surface area contributed by atoms with E-state index in [2.05, 4.69) is 60.7 Å². The first-order valence-corrected chi connectivity index (χ1v) is 6.92. The highest BCUT2D eigenvalue weighted by atomic mass is 15.3. The van der Waals surface area contributed by atoms with Crippen molar-refractivity contribution in [2.75, 3.05) is 0 Å². The molecule has 3 heteroatoms. The molecule has 0 saturated carbocycles. The van der Waals surface area contributed by atoms with Crippen LogP contribution in [0.1, 0.15) is 37.6 Å². The molecule has 0 saturated heterocycles. The molecule has 0 amide bonds. The van der Waals surface area contributed by atoms with Gasteiger partial charge in [-0.25, -0.2) is 0 Å². The molecule has 0 spiro atoms. The largest absolute Gasteiger partial charge is 0.304 e. The number of aromatic nitrogens is 2. The number of nitrogens with one attached hydrogen (secondary N) is 1. The Kier molecular flexibility index (Phi) is 4.74. The van der Waals surface area contributed by atoms with Crippen molar-refractivity contribution in [1.29, 1.82) is 0 Å². The summed E-state index contributed by atoms with van der Waals surface area (Å²) in [6.45, 7) is 5.34. The van der Waals surface area contributed by atoms with Crippen LogP contribution in [0.25, 0.3) is 0 Å². The maximum Gasteiger partial charge on any atom is 0.0762 e. The maximum absolute atomic E-state index is 4.41. The van der Waals surface area contributed by atoms with Gasteiger partial charge in [-0.15, -0.1) is 0 Å². The Hall–Kier alpha value is -1.61. The second-order valence-electron chi connectivity index (χ2n) is 5.45. The van der Waals surface area contributed by atoms with Crippen molar-refractivity contribution in [3.05, 3.63) is 53.9 Å². The predicted octanol–water partition coefficient (Wildman–Crippen LogP) is 3.30. The highest BCUT2D eigenvalue weighted by Gasteiger charge is 2.13. The van der Waals surface area contributed by atoms with Gasteiger partial charge in [0.15, 0.2) is 0 Å². The van der Waals surface area contributed by atoms with Gasteiger partial charge in [0.25, 0.3) is 0 Å². The molecule has 3 nitrogen and oxygen atoms in total. The molecule has 2 rings (SSSR count). The number of hydrogen-bond donors (Lipinski definition) is 1. The van der Waals surface area contributed by atoms with Gasteiger partial charge in [0.2, 0.25) is 0 Å². The van der Waals surface area contributed by atoms with Gasteiger partial charge < -0.3 is 5.32 Å². The minimum absolute atomic E-state index is 0.392. The van der Waals surface area contributed by atoms with E-state index in [1.165, 1.54) is 5.56 Å². The fourth-order valence-electron chi connectivity index (χ4n) is 2.28. The molecule has 19 heavy (non-hydrogen) atoms. The standard InChI is InChI=1S/C16H23N3/c1-13(2)11-16(14-7-5-4-6-8-14)17-12-15-9-10-19(3)18-15/h4-10,13,16-17H,11-12H2,1-3H3. The third-order valence-electron chi connectivity index (χ3n) is 3.21. The Labute approximate surface area is 115 Å². The summed E-state index contributed by atoms with van der Waals surface area (Å²) in [5, 5.41) is 8.03. The quantitative estimate of drug-likeness (QED) is 0.860. The van der Waals surface area contributed by atoms with Crippen LogP contribution in [-0.4, -0.2) is 9.78 Å². The minimum atomic E-state index is 0.392. The molecule has 0 radical (unpaired) electrons. The van der Waals surface area contributed by atoms with Crippen molar-refractivity contribution in [1.82, 2.24) is 15.1 Å². The Balaban J connectivity index is 2.02. The monoisotopic (exact) mass is 257 g/mol. The summed E-state index contributed by atoms with van der Waals surface area (Å²) < 4.78 is 1.84. The van der Waals surface area contributed by atoms with Crippen LogP contribution in [0, 0.1) is 5.92 Å². The van der Waals surface area contributed by atoms with Gasteiger partial charge in [-0.1, -0.05) is 44.2 Å². The lowest BCUT2D eigenvalue weighted by Crippen LogP contribution is -2.22. The Morgan fingerprint density at radius 1 is 1.16 bits per heavy atom. The highest BCUT2D eigenvalue weighted by molar-refractivity contribution is 5.19. The second-order valence-corrected chi connectivity index (χ2v) is 5.45. The van der Waals surface area contributed by atoms with Crippen molar-refractivity contribution in [3.63, 3.8) is 0 Å². The van der Waals surface area contributed by atoms with Gasteiger partial charge in [0, 0.05) is 25.8 Å². The molecule has 2 aromatic rings. The first-order valence-electron chi connectivity index (χ1n) is 6.92. The van der Waals surface area contributed by atoms with Crippen LogP contribution in [0.2, 0.25) is 0 Å². The Morgan fingerprint density at radius 2 is 1.89 bits per heavy atom. The molecule has 1 aromatic heterocycles. The van der Waals surface area contributed by atoms with Crippen LogP contribution in [0.3, 0.4) is 0 Å². The summed E-state index contributed by atoms with van der Waals surface area (Å²) in [6.07, 6.45) is 3.12.